The third-order valence-corrected chi connectivity index (χ3v) is 7.87. The quantitative estimate of drug-likeness (QED) is 0.521. The van der Waals surface area contributed by atoms with Gasteiger partial charge in [0, 0.05) is 19.1 Å². The zero-order valence-corrected chi connectivity index (χ0v) is 17.9. The predicted molar refractivity (Wildman–Crippen MR) is 111 cm³/mol. The first-order valence-corrected chi connectivity index (χ1v) is 12.1. The van der Waals surface area contributed by atoms with Gasteiger partial charge < -0.3 is 4.90 Å². The Bertz CT molecular complexity index is 1050. The lowest BCUT2D eigenvalue weighted by Crippen LogP contribution is -2.44. The number of benzene rings is 1. The first kappa shape index (κ1) is 20.9. The summed E-state index contributed by atoms with van der Waals surface area (Å²) in [4.78, 5) is 32.0. The minimum atomic E-state index is -3.07. The number of thioether (sulfide) groups is 1. The molecule has 0 bridgehead atoms. The van der Waals surface area contributed by atoms with E-state index in [-0.39, 0.29) is 29.0 Å². The molecule has 0 radical (unpaired) electrons. The molecule has 1 saturated heterocycles. The molecule has 9 heteroatoms. The van der Waals surface area contributed by atoms with E-state index in [2.05, 4.69) is 4.98 Å². The second-order valence-corrected chi connectivity index (χ2v) is 10.4. The van der Waals surface area contributed by atoms with Gasteiger partial charge in [-0.05, 0) is 39.3 Å². The summed E-state index contributed by atoms with van der Waals surface area (Å²) in [6.07, 6.45) is 0.479. The lowest BCUT2D eigenvalue weighted by molar-refractivity contribution is -0.131. The van der Waals surface area contributed by atoms with Gasteiger partial charge in [-0.3, -0.25) is 14.2 Å². The summed E-state index contributed by atoms with van der Waals surface area (Å²) in [5.41, 5.74) is 0.484. The van der Waals surface area contributed by atoms with Crippen LogP contribution in [0.1, 0.15) is 27.2 Å². The van der Waals surface area contributed by atoms with Crippen LogP contribution in [-0.4, -0.2) is 58.1 Å². The predicted octanol–water partition coefficient (Wildman–Crippen LogP) is 1.93. The number of sulfone groups is 1. The van der Waals surface area contributed by atoms with Gasteiger partial charge in [0.25, 0.3) is 5.56 Å². The third kappa shape index (κ3) is 4.10. The highest BCUT2D eigenvalue weighted by molar-refractivity contribution is 8.00. The summed E-state index contributed by atoms with van der Waals surface area (Å²) in [6, 6.07) is 6.89. The Morgan fingerprint density at radius 1 is 1.36 bits per heavy atom. The van der Waals surface area contributed by atoms with Crippen LogP contribution in [0.2, 0.25) is 0 Å². The van der Waals surface area contributed by atoms with Crippen molar-refractivity contribution < 1.29 is 13.2 Å². The maximum absolute atomic E-state index is 13.0. The second-order valence-electron chi connectivity index (χ2n) is 6.90. The summed E-state index contributed by atoms with van der Waals surface area (Å²) >= 11 is 1.25. The number of fused-ring (bicyclic) bond motifs is 1. The van der Waals surface area contributed by atoms with Crippen LogP contribution in [0, 0.1) is 0 Å². The van der Waals surface area contributed by atoms with E-state index in [0.29, 0.717) is 35.6 Å². The van der Waals surface area contributed by atoms with Gasteiger partial charge in [-0.1, -0.05) is 23.9 Å². The highest BCUT2D eigenvalue weighted by Gasteiger charge is 2.35. The number of aromatic nitrogens is 2. The van der Waals surface area contributed by atoms with E-state index >= 15 is 0 Å². The van der Waals surface area contributed by atoms with Crippen LogP contribution < -0.4 is 5.56 Å². The maximum Gasteiger partial charge on any atom is 0.262 e. The Labute approximate surface area is 169 Å². The molecule has 0 N–H and O–H groups in total. The SMILES string of the molecule is CCN(C(=O)C(C)Sc1nc2ccccc2c(=O)n1CC)C1CCS(=O)(=O)C1. The van der Waals surface area contributed by atoms with Gasteiger partial charge in [0.15, 0.2) is 15.0 Å². The van der Waals surface area contributed by atoms with Gasteiger partial charge >= 0.3 is 0 Å². The Kier molecular flexibility index (Phi) is 6.14. The number of hydrogen-bond acceptors (Lipinski definition) is 6. The van der Waals surface area contributed by atoms with E-state index in [1.165, 1.54) is 11.8 Å². The summed E-state index contributed by atoms with van der Waals surface area (Å²) in [5, 5.41) is 0.579. The number of carbonyl (C=O) groups excluding carboxylic acids is 1. The van der Waals surface area contributed by atoms with Crippen molar-refractivity contribution in [2.45, 2.75) is 50.2 Å². The molecule has 152 valence electrons. The summed E-state index contributed by atoms with van der Waals surface area (Å²) in [7, 11) is -3.07. The Morgan fingerprint density at radius 3 is 2.68 bits per heavy atom. The Morgan fingerprint density at radius 2 is 2.07 bits per heavy atom. The second kappa shape index (κ2) is 8.24. The smallest absolute Gasteiger partial charge is 0.262 e. The molecule has 1 aliphatic heterocycles. The molecule has 28 heavy (non-hydrogen) atoms. The van der Waals surface area contributed by atoms with Gasteiger partial charge in [-0.2, -0.15) is 0 Å². The summed E-state index contributed by atoms with van der Waals surface area (Å²) in [6.45, 7) is 6.42. The van der Waals surface area contributed by atoms with Crippen LogP contribution >= 0.6 is 11.8 Å². The average Bonchev–Trinajstić information content (AvgIpc) is 3.02. The molecule has 1 aromatic carbocycles. The fourth-order valence-corrected chi connectivity index (χ4v) is 6.35. The van der Waals surface area contributed by atoms with Crippen LogP contribution in [-0.2, 0) is 21.2 Å². The molecule has 7 nitrogen and oxygen atoms in total. The van der Waals surface area contributed by atoms with Gasteiger partial charge in [0.1, 0.15) is 0 Å². The Hall–Kier alpha value is -1.87. The van der Waals surface area contributed by atoms with Crippen molar-refractivity contribution in [3.8, 4) is 0 Å². The molecule has 0 spiro atoms. The van der Waals surface area contributed by atoms with Crippen LogP contribution in [0.15, 0.2) is 34.2 Å². The van der Waals surface area contributed by atoms with Crippen molar-refractivity contribution in [2.24, 2.45) is 0 Å². The van der Waals surface area contributed by atoms with Crippen molar-refractivity contribution in [1.29, 1.82) is 0 Å². The molecule has 2 aromatic rings. The van der Waals surface area contributed by atoms with Crippen molar-refractivity contribution in [2.75, 3.05) is 18.1 Å². The average molecular weight is 424 g/mol. The molecule has 1 fully saturated rings. The monoisotopic (exact) mass is 423 g/mol. The van der Waals surface area contributed by atoms with E-state index in [1.807, 2.05) is 19.9 Å². The number of amides is 1. The van der Waals surface area contributed by atoms with Crippen molar-refractivity contribution in [3.05, 3.63) is 34.6 Å². The van der Waals surface area contributed by atoms with E-state index in [9.17, 15) is 18.0 Å². The van der Waals surface area contributed by atoms with Crippen LogP contribution in [0.25, 0.3) is 10.9 Å². The fourth-order valence-electron chi connectivity index (χ4n) is 3.57. The molecular formula is C19H25N3O4S2. The first-order chi connectivity index (χ1) is 13.3. The minimum absolute atomic E-state index is 0.0257. The molecule has 0 aliphatic carbocycles. The molecule has 0 saturated carbocycles. The third-order valence-electron chi connectivity index (χ3n) is 5.05. The molecule has 2 heterocycles. The highest BCUT2D eigenvalue weighted by atomic mass is 32.2. The largest absolute Gasteiger partial charge is 0.338 e. The van der Waals surface area contributed by atoms with Gasteiger partial charge in [-0.25, -0.2) is 13.4 Å². The number of nitrogens with zero attached hydrogens (tertiary/aromatic N) is 3. The summed E-state index contributed by atoms with van der Waals surface area (Å²) in [5.74, 6) is 0.0299. The lowest BCUT2D eigenvalue weighted by Gasteiger charge is -2.29. The van der Waals surface area contributed by atoms with Crippen molar-refractivity contribution in [1.82, 2.24) is 14.5 Å². The molecule has 2 atom stereocenters. The lowest BCUT2D eigenvalue weighted by atomic mass is 10.2. The molecular weight excluding hydrogens is 398 g/mol. The number of carbonyl (C=O) groups is 1. The standard InChI is InChI=1S/C19H25N3O4S2/c1-4-21(14-10-11-28(25,26)12-14)17(23)13(3)27-19-20-16-9-7-6-8-15(16)18(24)22(19)5-2/h6-9,13-14H,4-5,10-12H2,1-3H3. The molecule has 1 amide bonds. The molecule has 3 rings (SSSR count). The number of rotatable bonds is 6. The normalized spacial score (nSPS) is 19.6. The topological polar surface area (TPSA) is 89.3 Å². The minimum Gasteiger partial charge on any atom is -0.338 e. The van der Waals surface area contributed by atoms with E-state index in [4.69, 9.17) is 0 Å². The summed E-state index contributed by atoms with van der Waals surface area (Å²) < 4.78 is 25.2. The van der Waals surface area contributed by atoms with Gasteiger partial charge in [0.2, 0.25) is 5.91 Å². The van der Waals surface area contributed by atoms with E-state index < -0.39 is 15.1 Å². The van der Waals surface area contributed by atoms with Gasteiger partial charge in [0.05, 0.1) is 27.7 Å². The van der Waals surface area contributed by atoms with Crippen molar-refractivity contribution >= 4 is 38.4 Å². The number of para-hydroxylation sites is 1. The van der Waals surface area contributed by atoms with Gasteiger partial charge in [-0.15, -0.1) is 0 Å². The molecule has 2 unspecified atom stereocenters. The molecule has 1 aliphatic rings. The van der Waals surface area contributed by atoms with Crippen LogP contribution in [0.3, 0.4) is 0 Å². The first-order valence-electron chi connectivity index (χ1n) is 9.44. The van der Waals surface area contributed by atoms with Crippen LogP contribution in [0.5, 0.6) is 0 Å². The Balaban J connectivity index is 1.86. The highest BCUT2D eigenvalue weighted by Crippen LogP contribution is 2.26. The zero-order chi connectivity index (χ0) is 20.5. The van der Waals surface area contributed by atoms with E-state index in [0.717, 1.165) is 0 Å². The van der Waals surface area contributed by atoms with E-state index in [1.54, 1.807) is 34.6 Å². The molecule has 1 aromatic heterocycles. The number of hydrogen-bond donors (Lipinski definition) is 0. The fraction of sp³-hybridized carbons (Fsp3) is 0.526. The zero-order valence-electron chi connectivity index (χ0n) is 16.3. The maximum atomic E-state index is 13.0. The van der Waals surface area contributed by atoms with Crippen LogP contribution in [0.4, 0.5) is 0 Å². The van der Waals surface area contributed by atoms with Crippen molar-refractivity contribution in [3.63, 3.8) is 0 Å².